The van der Waals surface area contributed by atoms with Crippen LogP contribution in [0, 0.1) is 11.3 Å². The molecule has 0 heterocycles. The van der Waals surface area contributed by atoms with Gasteiger partial charge >= 0.3 is 0 Å². The molecule has 0 atom stereocenters. The molecule has 3 aromatic rings. The van der Waals surface area contributed by atoms with Crippen molar-refractivity contribution in [2.45, 2.75) is 4.90 Å². The molecule has 24 heavy (non-hydrogen) atoms. The van der Waals surface area contributed by atoms with Crippen LogP contribution in [-0.4, -0.2) is 8.42 Å². The van der Waals surface area contributed by atoms with E-state index in [1.54, 1.807) is 48.5 Å². The molecule has 0 unspecified atom stereocenters. The number of anilines is 1. The number of benzene rings is 3. The molecule has 5 heteroatoms. The van der Waals surface area contributed by atoms with E-state index in [1.165, 1.54) is 0 Å². The number of hydrogen-bond acceptors (Lipinski definition) is 3. The minimum Gasteiger partial charge on any atom is -0.278 e. The zero-order valence-electron chi connectivity index (χ0n) is 12.7. The normalized spacial score (nSPS) is 10.8. The Balaban J connectivity index is 1.89. The molecule has 0 spiro atoms. The lowest BCUT2D eigenvalue weighted by Crippen LogP contribution is -2.13. The van der Waals surface area contributed by atoms with E-state index in [9.17, 15) is 8.42 Å². The van der Waals surface area contributed by atoms with Gasteiger partial charge in [0.2, 0.25) is 0 Å². The standard InChI is InChI=1S/C19H14N2O2S/c20-14-17-8-4-5-9-19(17)21-24(22,23)18-12-10-16(11-13-18)15-6-2-1-3-7-15/h1-13,21H. The van der Waals surface area contributed by atoms with Crippen LogP contribution in [0.1, 0.15) is 5.56 Å². The van der Waals surface area contributed by atoms with Crippen LogP contribution in [-0.2, 0) is 10.0 Å². The predicted molar refractivity (Wildman–Crippen MR) is 93.8 cm³/mol. The van der Waals surface area contributed by atoms with E-state index in [4.69, 9.17) is 5.26 Å². The lowest BCUT2D eigenvalue weighted by atomic mass is 10.1. The summed E-state index contributed by atoms with van der Waals surface area (Å²) in [7, 11) is -3.75. The van der Waals surface area contributed by atoms with Crippen molar-refractivity contribution in [3.63, 3.8) is 0 Å². The summed E-state index contributed by atoms with van der Waals surface area (Å²) in [5, 5.41) is 9.06. The Morgan fingerprint density at radius 2 is 1.33 bits per heavy atom. The number of hydrogen-bond donors (Lipinski definition) is 1. The molecule has 0 amide bonds. The number of rotatable bonds is 4. The third-order valence-corrected chi connectivity index (χ3v) is 4.94. The van der Waals surface area contributed by atoms with E-state index in [0.717, 1.165) is 11.1 Å². The quantitative estimate of drug-likeness (QED) is 0.783. The Bertz CT molecular complexity index is 990. The molecule has 118 valence electrons. The highest BCUT2D eigenvalue weighted by atomic mass is 32.2. The summed E-state index contributed by atoms with van der Waals surface area (Å²) >= 11 is 0. The lowest BCUT2D eigenvalue weighted by Gasteiger charge is -2.10. The van der Waals surface area contributed by atoms with E-state index in [1.807, 2.05) is 36.4 Å². The minimum atomic E-state index is -3.75. The largest absolute Gasteiger partial charge is 0.278 e. The second kappa shape index (κ2) is 6.57. The van der Waals surface area contributed by atoms with Gasteiger partial charge in [0.15, 0.2) is 0 Å². The van der Waals surface area contributed by atoms with Gasteiger partial charge in [0.1, 0.15) is 6.07 Å². The van der Waals surface area contributed by atoms with Gasteiger partial charge < -0.3 is 0 Å². The molecule has 0 saturated heterocycles. The van der Waals surface area contributed by atoms with E-state index in [2.05, 4.69) is 4.72 Å². The van der Waals surface area contributed by atoms with Crippen LogP contribution in [0.5, 0.6) is 0 Å². The molecule has 1 N–H and O–H groups in total. The summed E-state index contributed by atoms with van der Waals surface area (Å²) in [6.07, 6.45) is 0. The minimum absolute atomic E-state index is 0.148. The van der Waals surface area contributed by atoms with Gasteiger partial charge in [-0.2, -0.15) is 5.26 Å². The first-order chi connectivity index (χ1) is 11.6. The number of sulfonamides is 1. The first-order valence-corrected chi connectivity index (χ1v) is 8.76. The second-order valence-corrected chi connectivity index (χ2v) is 6.84. The molecular formula is C19H14N2O2S. The Labute approximate surface area is 141 Å². The molecule has 3 aromatic carbocycles. The summed E-state index contributed by atoms with van der Waals surface area (Å²) in [4.78, 5) is 0.148. The molecule has 0 aromatic heterocycles. The molecule has 4 nitrogen and oxygen atoms in total. The second-order valence-electron chi connectivity index (χ2n) is 5.15. The SMILES string of the molecule is N#Cc1ccccc1NS(=O)(=O)c1ccc(-c2ccccc2)cc1. The van der Waals surface area contributed by atoms with Crippen LogP contribution >= 0.6 is 0 Å². The zero-order chi connectivity index (χ0) is 17.0. The summed E-state index contributed by atoms with van der Waals surface area (Å²) in [5.74, 6) is 0. The van der Waals surface area contributed by atoms with Gasteiger partial charge in [-0.15, -0.1) is 0 Å². The molecule has 0 radical (unpaired) electrons. The van der Waals surface area contributed by atoms with E-state index < -0.39 is 10.0 Å². The van der Waals surface area contributed by atoms with Crippen LogP contribution in [0.15, 0.2) is 83.8 Å². The van der Waals surface area contributed by atoms with Crippen LogP contribution < -0.4 is 4.72 Å². The molecule has 0 aliphatic rings. The zero-order valence-corrected chi connectivity index (χ0v) is 13.5. The fourth-order valence-electron chi connectivity index (χ4n) is 2.33. The van der Waals surface area contributed by atoms with Gasteiger partial charge in [0.25, 0.3) is 10.0 Å². The van der Waals surface area contributed by atoms with Gasteiger partial charge in [-0.05, 0) is 35.4 Å². The molecule has 0 aliphatic carbocycles. The Kier molecular flexibility index (Phi) is 4.32. The van der Waals surface area contributed by atoms with Crippen LogP contribution in [0.3, 0.4) is 0 Å². The van der Waals surface area contributed by atoms with Crippen molar-refractivity contribution in [3.05, 3.63) is 84.4 Å². The average molecular weight is 334 g/mol. The summed E-state index contributed by atoms with van der Waals surface area (Å²) in [5.41, 5.74) is 2.50. The highest BCUT2D eigenvalue weighted by Crippen LogP contribution is 2.23. The highest BCUT2D eigenvalue weighted by molar-refractivity contribution is 7.92. The Morgan fingerprint density at radius 3 is 2.00 bits per heavy atom. The predicted octanol–water partition coefficient (Wildman–Crippen LogP) is 4.03. The van der Waals surface area contributed by atoms with Crippen molar-refractivity contribution in [1.29, 1.82) is 5.26 Å². The van der Waals surface area contributed by atoms with Crippen molar-refractivity contribution < 1.29 is 8.42 Å². The highest BCUT2D eigenvalue weighted by Gasteiger charge is 2.15. The van der Waals surface area contributed by atoms with Gasteiger partial charge in [-0.25, -0.2) is 8.42 Å². The summed E-state index contributed by atoms with van der Waals surface area (Å²) in [6, 6.07) is 24.8. The maximum absolute atomic E-state index is 12.5. The number of nitrogens with one attached hydrogen (secondary N) is 1. The fraction of sp³-hybridized carbons (Fsp3) is 0. The van der Waals surface area contributed by atoms with Gasteiger partial charge in [-0.1, -0.05) is 54.6 Å². The molecule has 0 aliphatic heterocycles. The first-order valence-electron chi connectivity index (χ1n) is 7.27. The van der Waals surface area contributed by atoms with Crippen molar-refractivity contribution >= 4 is 15.7 Å². The number of nitrogens with zero attached hydrogens (tertiary/aromatic N) is 1. The smallest absolute Gasteiger partial charge is 0.261 e. The number of nitriles is 1. The van der Waals surface area contributed by atoms with Crippen molar-refractivity contribution in [3.8, 4) is 17.2 Å². The van der Waals surface area contributed by atoms with Crippen molar-refractivity contribution in [1.82, 2.24) is 0 Å². The fourth-order valence-corrected chi connectivity index (χ4v) is 3.41. The summed E-state index contributed by atoms with van der Waals surface area (Å²) < 4.78 is 27.5. The van der Waals surface area contributed by atoms with Crippen LogP contribution in [0.4, 0.5) is 5.69 Å². The Morgan fingerprint density at radius 1 is 0.750 bits per heavy atom. The van der Waals surface area contributed by atoms with E-state index in [-0.39, 0.29) is 16.1 Å². The van der Waals surface area contributed by atoms with Gasteiger partial charge in [0.05, 0.1) is 16.1 Å². The maximum atomic E-state index is 12.5. The monoisotopic (exact) mass is 334 g/mol. The molecule has 3 rings (SSSR count). The van der Waals surface area contributed by atoms with Crippen LogP contribution in [0.2, 0.25) is 0 Å². The molecule has 0 bridgehead atoms. The summed E-state index contributed by atoms with van der Waals surface area (Å²) in [6.45, 7) is 0. The van der Waals surface area contributed by atoms with Gasteiger partial charge in [-0.3, -0.25) is 4.72 Å². The topological polar surface area (TPSA) is 70.0 Å². The van der Waals surface area contributed by atoms with Gasteiger partial charge in [0, 0.05) is 0 Å². The first kappa shape index (κ1) is 15.8. The third kappa shape index (κ3) is 3.29. The lowest BCUT2D eigenvalue weighted by molar-refractivity contribution is 0.601. The van der Waals surface area contributed by atoms with Crippen molar-refractivity contribution in [2.75, 3.05) is 4.72 Å². The van der Waals surface area contributed by atoms with Crippen LogP contribution in [0.25, 0.3) is 11.1 Å². The average Bonchev–Trinajstić information content (AvgIpc) is 2.63. The molecule has 0 fully saturated rings. The third-order valence-electron chi connectivity index (χ3n) is 3.56. The molecule has 0 saturated carbocycles. The van der Waals surface area contributed by atoms with Crippen molar-refractivity contribution in [2.24, 2.45) is 0 Å². The Hall–Kier alpha value is -3.10. The van der Waals surface area contributed by atoms with E-state index >= 15 is 0 Å². The van der Waals surface area contributed by atoms with E-state index in [0.29, 0.717) is 0 Å². The maximum Gasteiger partial charge on any atom is 0.261 e. The number of para-hydroxylation sites is 1. The molecular weight excluding hydrogens is 320 g/mol.